The second-order valence-electron chi connectivity index (χ2n) is 9.07. The fourth-order valence-corrected chi connectivity index (χ4v) is 3.77. The van der Waals surface area contributed by atoms with Gasteiger partial charge in [-0.25, -0.2) is 14.2 Å². The number of halogens is 1. The third-order valence-corrected chi connectivity index (χ3v) is 5.34. The predicted octanol–water partition coefficient (Wildman–Crippen LogP) is 3.80. The van der Waals surface area contributed by atoms with Gasteiger partial charge in [0.25, 0.3) is 0 Å². The van der Waals surface area contributed by atoms with Crippen LogP contribution < -0.4 is 5.32 Å². The summed E-state index contributed by atoms with van der Waals surface area (Å²) in [6, 6.07) is 5.66. The summed E-state index contributed by atoms with van der Waals surface area (Å²) in [5, 5.41) is 3.02. The van der Waals surface area contributed by atoms with Gasteiger partial charge in [-0.15, -0.1) is 0 Å². The highest BCUT2D eigenvalue weighted by molar-refractivity contribution is 5.77. The molecular formula is C23H31FN4O3. The van der Waals surface area contributed by atoms with E-state index in [1.54, 1.807) is 29.4 Å². The lowest BCUT2D eigenvalue weighted by Gasteiger charge is -2.33. The van der Waals surface area contributed by atoms with Gasteiger partial charge < -0.3 is 19.5 Å². The first-order valence-electron chi connectivity index (χ1n) is 10.6. The number of aryl methyl sites for hydroxylation is 1. The fourth-order valence-electron chi connectivity index (χ4n) is 3.77. The quantitative estimate of drug-likeness (QED) is 0.783. The number of hydrogen-bond donors (Lipinski definition) is 1. The number of hydrogen-bond acceptors (Lipinski definition) is 4. The van der Waals surface area contributed by atoms with E-state index in [1.807, 2.05) is 32.4 Å². The minimum Gasteiger partial charge on any atom is -0.444 e. The van der Waals surface area contributed by atoms with E-state index < -0.39 is 11.6 Å². The average Bonchev–Trinajstić information content (AvgIpc) is 3.11. The Balaban J connectivity index is 1.60. The molecule has 1 unspecified atom stereocenters. The number of nitrogens with zero attached hydrogens (tertiary/aromatic N) is 3. The predicted molar refractivity (Wildman–Crippen MR) is 115 cm³/mol. The molecule has 2 heterocycles. The van der Waals surface area contributed by atoms with Gasteiger partial charge in [0.2, 0.25) is 5.91 Å². The van der Waals surface area contributed by atoms with E-state index in [4.69, 9.17) is 4.74 Å². The Morgan fingerprint density at radius 3 is 2.58 bits per heavy atom. The first-order chi connectivity index (χ1) is 14.6. The van der Waals surface area contributed by atoms with Gasteiger partial charge >= 0.3 is 6.09 Å². The van der Waals surface area contributed by atoms with Gasteiger partial charge in [-0.3, -0.25) is 4.79 Å². The number of piperidine rings is 1. The van der Waals surface area contributed by atoms with Crippen LogP contribution in [0.1, 0.15) is 57.5 Å². The van der Waals surface area contributed by atoms with Crippen LogP contribution in [0, 0.1) is 11.7 Å². The van der Waals surface area contributed by atoms with E-state index in [9.17, 15) is 14.0 Å². The molecule has 0 radical (unpaired) electrons. The van der Waals surface area contributed by atoms with E-state index in [2.05, 4.69) is 10.3 Å². The number of aromatic nitrogens is 2. The Bertz CT molecular complexity index is 914. The van der Waals surface area contributed by atoms with Crippen LogP contribution in [0.4, 0.5) is 9.18 Å². The van der Waals surface area contributed by atoms with E-state index in [0.29, 0.717) is 30.9 Å². The first kappa shape index (κ1) is 22.8. The molecule has 0 spiro atoms. The van der Waals surface area contributed by atoms with E-state index in [1.165, 1.54) is 12.1 Å². The highest BCUT2D eigenvalue weighted by atomic mass is 19.1. The van der Waals surface area contributed by atoms with Crippen LogP contribution in [0.25, 0.3) is 0 Å². The Hall–Kier alpha value is -2.90. The van der Waals surface area contributed by atoms with Crippen molar-refractivity contribution in [2.45, 2.75) is 51.7 Å². The minimum atomic E-state index is -0.537. The molecule has 1 aromatic carbocycles. The molecule has 168 valence electrons. The molecule has 1 aliphatic rings. The van der Waals surface area contributed by atoms with Gasteiger partial charge in [0.15, 0.2) is 0 Å². The lowest BCUT2D eigenvalue weighted by atomic mass is 9.93. The van der Waals surface area contributed by atoms with Crippen LogP contribution in [0.3, 0.4) is 0 Å². The molecule has 1 aromatic heterocycles. The zero-order chi connectivity index (χ0) is 22.6. The summed E-state index contributed by atoms with van der Waals surface area (Å²) in [6.45, 7) is 6.68. The molecule has 1 atom stereocenters. The van der Waals surface area contributed by atoms with Gasteiger partial charge in [-0.2, -0.15) is 0 Å². The maximum atomic E-state index is 13.8. The molecule has 2 amide bonds. The third kappa shape index (κ3) is 6.29. The van der Waals surface area contributed by atoms with Gasteiger partial charge in [-0.1, -0.05) is 12.1 Å². The summed E-state index contributed by atoms with van der Waals surface area (Å²) in [5.74, 6) is 0.334. The molecule has 2 aromatic rings. The Kier molecular flexibility index (Phi) is 6.97. The molecule has 8 heteroatoms. The number of likely N-dealkylation sites (tertiary alicyclic amines) is 1. The zero-order valence-corrected chi connectivity index (χ0v) is 18.6. The average molecular weight is 431 g/mol. The summed E-state index contributed by atoms with van der Waals surface area (Å²) in [6.07, 6.45) is 4.95. The lowest BCUT2D eigenvalue weighted by Crippen LogP contribution is -2.42. The van der Waals surface area contributed by atoms with Crippen molar-refractivity contribution in [1.82, 2.24) is 19.8 Å². The smallest absolute Gasteiger partial charge is 0.410 e. The highest BCUT2D eigenvalue weighted by Crippen LogP contribution is 2.25. The maximum absolute atomic E-state index is 13.8. The van der Waals surface area contributed by atoms with E-state index in [0.717, 1.165) is 12.8 Å². The second kappa shape index (κ2) is 9.49. The van der Waals surface area contributed by atoms with Crippen molar-refractivity contribution in [2.24, 2.45) is 13.0 Å². The van der Waals surface area contributed by atoms with Crippen molar-refractivity contribution >= 4 is 12.0 Å². The fraction of sp³-hybridized carbons (Fsp3) is 0.522. The van der Waals surface area contributed by atoms with Crippen LogP contribution in [-0.4, -0.2) is 45.1 Å². The number of rotatable bonds is 5. The van der Waals surface area contributed by atoms with Gasteiger partial charge in [0.1, 0.15) is 23.3 Å². The number of nitrogens with one attached hydrogen (secondary N) is 1. The van der Waals surface area contributed by atoms with Gasteiger partial charge in [-0.05, 0) is 57.2 Å². The summed E-state index contributed by atoms with van der Waals surface area (Å²) >= 11 is 0. The monoisotopic (exact) mass is 430 g/mol. The molecule has 0 bridgehead atoms. The SMILES string of the molecule is Cn1ccnc1C(NC(=O)CC1CCN(C(=O)OC(C)(C)C)CC1)c1cccc(F)c1. The van der Waals surface area contributed by atoms with Gasteiger partial charge in [0.05, 0.1) is 0 Å². The molecule has 3 rings (SSSR count). The summed E-state index contributed by atoms with van der Waals surface area (Å²) in [5.41, 5.74) is 0.118. The van der Waals surface area contributed by atoms with Crippen molar-refractivity contribution in [3.8, 4) is 0 Å². The molecule has 1 aliphatic heterocycles. The molecule has 31 heavy (non-hydrogen) atoms. The largest absolute Gasteiger partial charge is 0.444 e. The molecule has 1 N–H and O–H groups in total. The Labute approximate surface area is 182 Å². The van der Waals surface area contributed by atoms with Crippen LogP contribution in [0.15, 0.2) is 36.7 Å². The zero-order valence-electron chi connectivity index (χ0n) is 18.6. The normalized spacial score (nSPS) is 16.1. The standard InChI is InChI=1S/C23H31FN4O3/c1-23(2,3)31-22(30)28-11-8-16(9-12-28)14-19(29)26-20(21-25-10-13-27(21)4)17-6-5-7-18(24)15-17/h5-7,10,13,15-16,20H,8-9,11-12,14H2,1-4H3,(H,26,29). The molecule has 0 aliphatic carbocycles. The van der Waals surface area contributed by atoms with E-state index >= 15 is 0 Å². The maximum Gasteiger partial charge on any atom is 0.410 e. The topological polar surface area (TPSA) is 76.5 Å². The number of carbonyl (C=O) groups excluding carboxylic acids is 2. The number of amides is 2. The summed E-state index contributed by atoms with van der Waals surface area (Å²) < 4.78 is 21.0. The van der Waals surface area contributed by atoms with Crippen molar-refractivity contribution in [3.63, 3.8) is 0 Å². The second-order valence-corrected chi connectivity index (χ2v) is 9.07. The molecular weight excluding hydrogens is 399 g/mol. The highest BCUT2D eigenvalue weighted by Gasteiger charge is 2.29. The lowest BCUT2D eigenvalue weighted by molar-refractivity contribution is -0.122. The van der Waals surface area contributed by atoms with Crippen molar-refractivity contribution in [2.75, 3.05) is 13.1 Å². The summed E-state index contributed by atoms with van der Waals surface area (Å²) in [7, 11) is 1.84. The van der Waals surface area contributed by atoms with Crippen LogP contribution in [0.2, 0.25) is 0 Å². The molecule has 1 fully saturated rings. The number of carbonyl (C=O) groups is 2. The molecule has 0 saturated carbocycles. The van der Waals surface area contributed by atoms with Crippen LogP contribution in [0.5, 0.6) is 0 Å². The molecule has 1 saturated heterocycles. The van der Waals surface area contributed by atoms with E-state index in [-0.39, 0.29) is 23.7 Å². The first-order valence-corrected chi connectivity index (χ1v) is 10.6. The third-order valence-electron chi connectivity index (χ3n) is 5.34. The molecule has 7 nitrogen and oxygen atoms in total. The van der Waals surface area contributed by atoms with Crippen LogP contribution >= 0.6 is 0 Å². The Morgan fingerprint density at radius 1 is 1.29 bits per heavy atom. The van der Waals surface area contributed by atoms with Crippen molar-refractivity contribution in [3.05, 3.63) is 53.9 Å². The number of ether oxygens (including phenoxy) is 1. The number of imidazole rings is 1. The number of benzene rings is 1. The van der Waals surface area contributed by atoms with Gasteiger partial charge in [0, 0.05) is 39.0 Å². The van der Waals surface area contributed by atoms with Crippen LogP contribution in [-0.2, 0) is 16.6 Å². The minimum absolute atomic E-state index is 0.118. The summed E-state index contributed by atoms with van der Waals surface area (Å²) in [4.78, 5) is 31.1. The Morgan fingerprint density at radius 2 is 2.00 bits per heavy atom. The van der Waals surface area contributed by atoms with Crippen molar-refractivity contribution in [1.29, 1.82) is 0 Å². The van der Waals surface area contributed by atoms with Crippen molar-refractivity contribution < 1.29 is 18.7 Å².